The van der Waals surface area contributed by atoms with Gasteiger partial charge in [-0.1, -0.05) is 101 Å². The van der Waals surface area contributed by atoms with Gasteiger partial charge in [-0.2, -0.15) is 0 Å². The lowest BCUT2D eigenvalue weighted by Gasteiger charge is -2.37. The van der Waals surface area contributed by atoms with E-state index in [4.69, 9.17) is 27.9 Å². The van der Waals surface area contributed by atoms with E-state index in [0.717, 1.165) is 39.0 Å². The molecular formula is C46H74Cl2F2N4O3. The Hall–Kier alpha value is -1.72. The summed E-state index contributed by atoms with van der Waals surface area (Å²) in [6.07, 6.45) is 23.1. The van der Waals surface area contributed by atoms with Crippen LogP contribution in [0, 0.1) is 11.6 Å². The average molecular weight is 840 g/mol. The number of benzene rings is 2. The number of aromatic hydroxyl groups is 2. The summed E-state index contributed by atoms with van der Waals surface area (Å²) in [5.74, 6) is -0.822. The van der Waals surface area contributed by atoms with E-state index in [1.807, 2.05) is 0 Å². The summed E-state index contributed by atoms with van der Waals surface area (Å²) < 4.78 is 34.3. The molecular weight excluding hydrogens is 765 g/mol. The van der Waals surface area contributed by atoms with Crippen LogP contribution in [0.2, 0.25) is 10.0 Å². The van der Waals surface area contributed by atoms with Crippen molar-refractivity contribution < 1.29 is 23.7 Å². The Kier molecular flexibility index (Phi) is 22.9. The van der Waals surface area contributed by atoms with Gasteiger partial charge in [0.25, 0.3) is 0 Å². The number of rotatable bonds is 28. The molecule has 0 radical (unpaired) electrons. The minimum Gasteiger partial charge on any atom is -0.508 e. The molecule has 2 N–H and O–H groups in total. The van der Waals surface area contributed by atoms with Gasteiger partial charge in [0.05, 0.1) is 22.3 Å². The Labute approximate surface area is 354 Å². The Morgan fingerprint density at radius 2 is 0.895 bits per heavy atom. The van der Waals surface area contributed by atoms with Crippen LogP contribution in [0.4, 0.5) is 8.78 Å². The molecule has 2 aromatic carbocycles. The molecule has 0 amide bonds. The second kappa shape index (κ2) is 27.2. The first-order valence-corrected chi connectivity index (χ1v) is 23.3. The maximum atomic E-state index is 13.8. The molecule has 7 nitrogen and oxygen atoms in total. The zero-order chi connectivity index (χ0) is 40.8. The largest absolute Gasteiger partial charge is 0.508 e. The molecule has 2 aliphatic heterocycles. The highest BCUT2D eigenvalue weighted by Crippen LogP contribution is 2.28. The molecule has 0 atom stereocenters. The predicted octanol–water partition coefficient (Wildman–Crippen LogP) is 11.4. The van der Waals surface area contributed by atoms with Crippen molar-refractivity contribution in [1.29, 1.82) is 0 Å². The van der Waals surface area contributed by atoms with Gasteiger partial charge in [0, 0.05) is 62.5 Å². The molecule has 11 heteroatoms. The fourth-order valence-electron chi connectivity index (χ4n) is 8.51. The van der Waals surface area contributed by atoms with Crippen molar-refractivity contribution in [2.75, 3.05) is 65.4 Å². The van der Waals surface area contributed by atoms with Gasteiger partial charge in [0.2, 0.25) is 0 Å². The van der Waals surface area contributed by atoms with Gasteiger partial charge in [0.15, 0.2) is 0 Å². The standard InChI is InChI=1S/C46H74Cl2F2N4O3/c1-3-51(35-37-31-43(49)41(47)33-45(37)55)23-15-11-7-5-9-13-17-25-53-27-19-39(20-28-53)57-40-21-29-54(30-22-40)26-18-14-10-6-8-12-16-24-52(4-2)36-38-32-44(50)42(48)34-46(38)56/h31-34,39-40,55-56H,3-30,35-36H2,1-2H3. The molecule has 2 heterocycles. The lowest BCUT2D eigenvalue weighted by atomic mass is 10.0. The van der Waals surface area contributed by atoms with Gasteiger partial charge >= 0.3 is 0 Å². The third-order valence-corrected chi connectivity index (χ3v) is 12.9. The van der Waals surface area contributed by atoms with Gasteiger partial charge in [-0.15, -0.1) is 0 Å². The van der Waals surface area contributed by atoms with Crippen molar-refractivity contribution >= 4 is 23.2 Å². The third-order valence-electron chi connectivity index (χ3n) is 12.3. The number of nitrogens with zero attached hydrogens (tertiary/aromatic N) is 4. The summed E-state index contributed by atoms with van der Waals surface area (Å²) in [5, 5.41) is 20.2. The third kappa shape index (κ3) is 18.2. The van der Waals surface area contributed by atoms with Crippen LogP contribution in [0.1, 0.15) is 141 Å². The highest BCUT2D eigenvalue weighted by Gasteiger charge is 2.25. The van der Waals surface area contributed by atoms with E-state index in [2.05, 4.69) is 33.4 Å². The molecule has 2 aliphatic rings. The number of halogens is 4. The molecule has 0 aliphatic carbocycles. The summed E-state index contributed by atoms with van der Waals surface area (Å²) in [7, 11) is 0. The van der Waals surface area contributed by atoms with E-state index < -0.39 is 11.6 Å². The lowest BCUT2D eigenvalue weighted by molar-refractivity contribution is -0.0650. The maximum absolute atomic E-state index is 13.8. The molecule has 2 saturated heterocycles. The number of unbranched alkanes of at least 4 members (excludes halogenated alkanes) is 12. The van der Waals surface area contributed by atoms with Crippen molar-refractivity contribution in [3.63, 3.8) is 0 Å². The summed E-state index contributed by atoms with van der Waals surface area (Å²) >= 11 is 11.6. The Morgan fingerprint density at radius 3 is 1.25 bits per heavy atom. The van der Waals surface area contributed by atoms with Crippen molar-refractivity contribution in [2.24, 2.45) is 0 Å². The molecule has 0 bridgehead atoms. The first-order valence-electron chi connectivity index (χ1n) is 22.5. The summed E-state index contributed by atoms with van der Waals surface area (Å²) in [6.45, 7) is 16.1. The SMILES string of the molecule is CCN(CCCCCCCCCN1CCC(OC2CCN(CCCCCCCCCN(CC)Cc3cc(F)c(Cl)cc3O)CC2)CC1)Cc1cc(F)c(Cl)cc1O. The van der Waals surface area contributed by atoms with Gasteiger partial charge in [0.1, 0.15) is 23.1 Å². The topological polar surface area (TPSA) is 62.7 Å². The first-order chi connectivity index (χ1) is 27.6. The van der Waals surface area contributed by atoms with Crippen molar-refractivity contribution in [2.45, 2.75) is 155 Å². The molecule has 57 heavy (non-hydrogen) atoms. The number of hydrogen-bond donors (Lipinski definition) is 2. The van der Waals surface area contributed by atoms with Gasteiger partial charge < -0.3 is 24.7 Å². The second-order valence-corrected chi connectivity index (χ2v) is 17.5. The van der Waals surface area contributed by atoms with Crippen LogP contribution in [-0.4, -0.2) is 107 Å². The minimum atomic E-state index is -0.478. The maximum Gasteiger partial charge on any atom is 0.142 e. The van der Waals surface area contributed by atoms with Crippen LogP contribution in [0.25, 0.3) is 0 Å². The number of phenols is 2. The highest BCUT2D eigenvalue weighted by atomic mass is 35.5. The van der Waals surface area contributed by atoms with Crippen LogP contribution in [-0.2, 0) is 17.8 Å². The minimum absolute atomic E-state index is 0.0378. The van der Waals surface area contributed by atoms with Crippen LogP contribution >= 0.6 is 23.2 Å². The average Bonchev–Trinajstić information content (AvgIpc) is 3.20. The zero-order valence-corrected chi connectivity index (χ0v) is 36.8. The van der Waals surface area contributed by atoms with E-state index in [-0.39, 0.29) is 21.5 Å². The van der Waals surface area contributed by atoms with Crippen LogP contribution in [0.15, 0.2) is 24.3 Å². The summed E-state index contributed by atoms with van der Waals surface area (Å²) in [6, 6.07) is 5.30. The molecule has 324 valence electrons. The molecule has 2 fully saturated rings. The Balaban J connectivity index is 0.911. The van der Waals surface area contributed by atoms with E-state index in [0.29, 0.717) is 36.4 Å². The monoisotopic (exact) mass is 839 g/mol. The molecule has 0 saturated carbocycles. The quantitative estimate of drug-likeness (QED) is 0.0828. The van der Waals surface area contributed by atoms with E-state index in [1.165, 1.54) is 166 Å². The van der Waals surface area contributed by atoms with E-state index >= 15 is 0 Å². The number of hydrogen-bond acceptors (Lipinski definition) is 7. The molecule has 0 unspecified atom stereocenters. The van der Waals surface area contributed by atoms with Crippen molar-refractivity contribution in [3.05, 3.63) is 57.1 Å². The second-order valence-electron chi connectivity index (χ2n) is 16.7. The van der Waals surface area contributed by atoms with Crippen molar-refractivity contribution in [3.8, 4) is 11.5 Å². The Morgan fingerprint density at radius 1 is 0.561 bits per heavy atom. The molecule has 0 spiro atoms. The van der Waals surface area contributed by atoms with Crippen LogP contribution < -0.4 is 0 Å². The fraction of sp³-hybridized carbons (Fsp3) is 0.739. The number of likely N-dealkylation sites (tertiary alicyclic amines) is 2. The highest BCUT2D eigenvalue weighted by molar-refractivity contribution is 6.31. The van der Waals surface area contributed by atoms with Crippen LogP contribution in [0.5, 0.6) is 11.5 Å². The number of piperidine rings is 2. The van der Waals surface area contributed by atoms with Crippen molar-refractivity contribution in [1.82, 2.24) is 19.6 Å². The van der Waals surface area contributed by atoms with Gasteiger partial charge in [-0.05, 0) is 103 Å². The number of phenolic OH excluding ortho intramolecular Hbond substituents is 2. The van der Waals surface area contributed by atoms with Gasteiger partial charge in [-0.3, -0.25) is 9.80 Å². The van der Waals surface area contributed by atoms with Gasteiger partial charge in [-0.25, -0.2) is 8.78 Å². The molecule has 4 rings (SSSR count). The predicted molar refractivity (Wildman–Crippen MR) is 233 cm³/mol. The number of ether oxygens (including phenoxy) is 1. The first kappa shape index (κ1) is 48.0. The van der Waals surface area contributed by atoms with E-state index in [1.54, 1.807) is 0 Å². The van der Waals surface area contributed by atoms with E-state index in [9.17, 15) is 19.0 Å². The molecule has 2 aromatic rings. The summed E-state index contributed by atoms with van der Waals surface area (Å²) in [4.78, 5) is 9.80. The van der Waals surface area contributed by atoms with Crippen LogP contribution in [0.3, 0.4) is 0 Å². The molecule has 0 aromatic heterocycles. The fourth-order valence-corrected chi connectivity index (χ4v) is 8.82. The summed E-state index contributed by atoms with van der Waals surface area (Å²) in [5.41, 5.74) is 1.19. The lowest BCUT2D eigenvalue weighted by Crippen LogP contribution is -2.42. The Bertz CT molecular complexity index is 1300. The zero-order valence-electron chi connectivity index (χ0n) is 35.3. The smallest absolute Gasteiger partial charge is 0.142 e. The normalized spacial score (nSPS) is 16.4.